The number of esters is 1. The fraction of sp³-hybridized carbons (Fsp3) is 0.387. The molecule has 0 spiro atoms. The van der Waals surface area contributed by atoms with E-state index in [0.29, 0.717) is 16.8 Å². The van der Waals surface area contributed by atoms with E-state index in [0.717, 1.165) is 10.9 Å². The van der Waals surface area contributed by atoms with E-state index in [-0.39, 0.29) is 12.8 Å². The first-order valence-electron chi connectivity index (χ1n) is 12.9. The number of methoxy groups -OCH3 is 1. The second kappa shape index (κ2) is 12.2. The van der Waals surface area contributed by atoms with Crippen LogP contribution in [0.5, 0.6) is 0 Å². The summed E-state index contributed by atoms with van der Waals surface area (Å²) in [4.78, 5) is 38.9. The lowest BCUT2D eigenvalue weighted by Gasteiger charge is -2.25. The highest BCUT2D eigenvalue weighted by Crippen LogP contribution is 2.25. The van der Waals surface area contributed by atoms with Crippen LogP contribution in [0.15, 0.2) is 66.2 Å². The van der Waals surface area contributed by atoms with Crippen molar-refractivity contribution in [2.45, 2.75) is 71.6 Å². The van der Waals surface area contributed by atoms with Crippen LogP contribution in [0.4, 0.5) is 9.59 Å². The third kappa shape index (κ3) is 8.74. The van der Waals surface area contributed by atoms with E-state index in [1.807, 2.05) is 60.7 Å². The number of carbonyl (C=O) groups excluding carboxylic acids is 3. The number of carbonyl (C=O) groups is 3. The van der Waals surface area contributed by atoms with Crippen LogP contribution < -0.4 is 5.32 Å². The highest BCUT2D eigenvalue weighted by molar-refractivity contribution is 5.94. The Morgan fingerprint density at radius 1 is 0.897 bits per heavy atom. The van der Waals surface area contributed by atoms with Gasteiger partial charge in [0.25, 0.3) is 0 Å². The number of nitrogens with zero attached hydrogens (tertiary/aromatic N) is 1. The van der Waals surface area contributed by atoms with Crippen molar-refractivity contribution in [3.8, 4) is 0 Å². The van der Waals surface area contributed by atoms with Gasteiger partial charge in [-0.05, 0) is 65.3 Å². The number of benzene rings is 2. The molecule has 0 saturated carbocycles. The zero-order chi connectivity index (χ0) is 28.8. The molecule has 208 valence electrons. The molecule has 0 bridgehead atoms. The molecule has 0 radical (unpaired) electrons. The standard InChI is InChI=1S/C31H38N2O6/c1-30(2,3)38-28(35)32-24(18-23(27(34)37-7)17-21-13-9-8-10-14-21)20-25-19-22-15-11-12-16-26(22)33(25)29(36)39-31(4,5)6/h8-17,19,24H,18,20H2,1-7H3,(H,32,35)/b23-17+. The largest absolute Gasteiger partial charge is 0.466 e. The molecule has 3 rings (SSSR count). The molecule has 1 atom stereocenters. The van der Waals surface area contributed by atoms with E-state index < -0.39 is 35.4 Å². The fourth-order valence-electron chi connectivity index (χ4n) is 4.13. The molecule has 1 heterocycles. The Hall–Kier alpha value is -4.07. The van der Waals surface area contributed by atoms with Crippen LogP contribution in [0.3, 0.4) is 0 Å². The van der Waals surface area contributed by atoms with Crippen LogP contribution in [0.25, 0.3) is 17.0 Å². The van der Waals surface area contributed by atoms with Crippen LogP contribution in [0.1, 0.15) is 59.2 Å². The summed E-state index contributed by atoms with van der Waals surface area (Å²) in [5.41, 5.74) is 1.07. The minimum atomic E-state index is -0.717. The third-order valence-electron chi connectivity index (χ3n) is 5.59. The number of nitrogens with one attached hydrogen (secondary N) is 1. The van der Waals surface area contributed by atoms with Gasteiger partial charge in [0.1, 0.15) is 11.2 Å². The van der Waals surface area contributed by atoms with E-state index in [4.69, 9.17) is 14.2 Å². The van der Waals surface area contributed by atoms with Crippen LogP contribution in [0, 0.1) is 0 Å². The van der Waals surface area contributed by atoms with Crippen molar-refractivity contribution >= 4 is 35.1 Å². The quantitative estimate of drug-likeness (QED) is 0.211. The number of para-hydroxylation sites is 1. The van der Waals surface area contributed by atoms with E-state index >= 15 is 0 Å². The van der Waals surface area contributed by atoms with Crippen molar-refractivity contribution in [2.75, 3.05) is 7.11 Å². The summed E-state index contributed by atoms with van der Waals surface area (Å²) >= 11 is 0. The lowest BCUT2D eigenvalue weighted by Crippen LogP contribution is -2.41. The van der Waals surface area contributed by atoms with Crippen LogP contribution >= 0.6 is 0 Å². The van der Waals surface area contributed by atoms with E-state index in [2.05, 4.69) is 5.32 Å². The Bertz CT molecular complexity index is 1340. The first-order chi connectivity index (χ1) is 18.3. The molecule has 0 fully saturated rings. The third-order valence-corrected chi connectivity index (χ3v) is 5.59. The molecule has 1 unspecified atom stereocenters. The Labute approximate surface area is 229 Å². The predicted octanol–water partition coefficient (Wildman–Crippen LogP) is 6.51. The van der Waals surface area contributed by atoms with Crippen molar-refractivity contribution < 1.29 is 28.6 Å². The van der Waals surface area contributed by atoms with Crippen molar-refractivity contribution in [1.82, 2.24) is 9.88 Å². The molecule has 1 N–H and O–H groups in total. The Balaban J connectivity index is 2.04. The monoisotopic (exact) mass is 534 g/mol. The van der Waals surface area contributed by atoms with Gasteiger partial charge >= 0.3 is 18.2 Å². The molecule has 2 aromatic carbocycles. The lowest BCUT2D eigenvalue weighted by atomic mass is 9.99. The number of ether oxygens (including phenoxy) is 3. The predicted molar refractivity (Wildman–Crippen MR) is 151 cm³/mol. The van der Waals surface area contributed by atoms with Crippen molar-refractivity contribution in [3.63, 3.8) is 0 Å². The van der Waals surface area contributed by atoms with Gasteiger partial charge in [-0.3, -0.25) is 0 Å². The van der Waals surface area contributed by atoms with Crippen LogP contribution in [-0.4, -0.2) is 47.1 Å². The van der Waals surface area contributed by atoms with Crippen LogP contribution in [0.2, 0.25) is 0 Å². The summed E-state index contributed by atoms with van der Waals surface area (Å²) in [5.74, 6) is -0.512. The number of fused-ring (bicyclic) bond motifs is 1. The average Bonchev–Trinajstić information content (AvgIpc) is 3.19. The van der Waals surface area contributed by atoms with E-state index in [9.17, 15) is 14.4 Å². The molecule has 1 amide bonds. The van der Waals surface area contributed by atoms with E-state index in [1.54, 1.807) is 47.6 Å². The molecule has 0 aliphatic rings. The maximum absolute atomic E-state index is 13.3. The molecule has 3 aromatic rings. The van der Waals surface area contributed by atoms with Gasteiger partial charge in [0.15, 0.2) is 0 Å². The molecule has 8 nitrogen and oxygen atoms in total. The van der Waals surface area contributed by atoms with Gasteiger partial charge in [-0.25, -0.2) is 19.0 Å². The van der Waals surface area contributed by atoms with Gasteiger partial charge in [0, 0.05) is 35.5 Å². The molecular formula is C31H38N2O6. The van der Waals surface area contributed by atoms with Crippen molar-refractivity contribution in [2.24, 2.45) is 0 Å². The SMILES string of the molecule is COC(=O)/C(=C/c1ccccc1)CC(Cc1cc2ccccc2n1C(=O)OC(C)(C)C)NC(=O)OC(C)(C)C. The molecule has 39 heavy (non-hydrogen) atoms. The minimum Gasteiger partial charge on any atom is -0.466 e. The van der Waals surface area contributed by atoms with Gasteiger partial charge < -0.3 is 19.5 Å². The number of alkyl carbamates (subject to hydrolysis) is 1. The number of amides is 1. The Morgan fingerprint density at radius 2 is 1.51 bits per heavy atom. The topological polar surface area (TPSA) is 95.9 Å². The highest BCUT2D eigenvalue weighted by Gasteiger charge is 2.27. The summed E-state index contributed by atoms with van der Waals surface area (Å²) in [6.45, 7) is 10.7. The summed E-state index contributed by atoms with van der Waals surface area (Å²) in [6, 6.07) is 18.1. The van der Waals surface area contributed by atoms with Gasteiger partial charge in [0.2, 0.25) is 0 Å². The molecule has 0 saturated heterocycles. The maximum atomic E-state index is 13.3. The van der Waals surface area contributed by atoms with Crippen molar-refractivity contribution in [3.05, 3.63) is 77.5 Å². The second-order valence-electron chi connectivity index (χ2n) is 11.3. The van der Waals surface area contributed by atoms with Gasteiger partial charge in [-0.15, -0.1) is 0 Å². The van der Waals surface area contributed by atoms with E-state index in [1.165, 1.54) is 11.7 Å². The fourth-order valence-corrected chi connectivity index (χ4v) is 4.13. The minimum absolute atomic E-state index is 0.136. The molecular weight excluding hydrogens is 496 g/mol. The number of hydrogen-bond donors (Lipinski definition) is 1. The normalized spacial score (nSPS) is 13.1. The lowest BCUT2D eigenvalue weighted by molar-refractivity contribution is -0.136. The number of aromatic nitrogens is 1. The molecule has 0 aliphatic heterocycles. The first kappa shape index (κ1) is 29.5. The van der Waals surface area contributed by atoms with Crippen LogP contribution in [-0.2, 0) is 25.4 Å². The zero-order valence-electron chi connectivity index (χ0n) is 23.7. The second-order valence-corrected chi connectivity index (χ2v) is 11.3. The summed E-state index contributed by atoms with van der Waals surface area (Å²) < 4.78 is 17.8. The molecule has 0 aliphatic carbocycles. The first-order valence-corrected chi connectivity index (χ1v) is 12.9. The summed E-state index contributed by atoms with van der Waals surface area (Å²) in [7, 11) is 1.32. The van der Waals surface area contributed by atoms with Gasteiger partial charge in [-0.2, -0.15) is 0 Å². The maximum Gasteiger partial charge on any atom is 0.419 e. The van der Waals surface area contributed by atoms with Crippen molar-refractivity contribution in [1.29, 1.82) is 0 Å². The number of rotatable bonds is 7. The molecule has 8 heteroatoms. The highest BCUT2D eigenvalue weighted by atomic mass is 16.6. The number of hydrogen-bond acceptors (Lipinski definition) is 6. The summed E-state index contributed by atoms with van der Waals surface area (Å²) in [6.07, 6.45) is 0.936. The van der Waals surface area contributed by atoms with Gasteiger partial charge in [-0.1, -0.05) is 48.5 Å². The van der Waals surface area contributed by atoms with Gasteiger partial charge in [0.05, 0.1) is 12.6 Å². The molecule has 1 aromatic heterocycles. The Kier molecular flexibility index (Phi) is 9.22. The smallest absolute Gasteiger partial charge is 0.419 e. The summed E-state index contributed by atoms with van der Waals surface area (Å²) in [5, 5.41) is 3.75. The Morgan fingerprint density at radius 3 is 2.13 bits per heavy atom. The average molecular weight is 535 g/mol. The zero-order valence-corrected chi connectivity index (χ0v) is 23.7.